The molecule has 0 spiro atoms. The monoisotopic (exact) mass is 190 g/mol. The molecule has 1 aromatic rings. The number of benzene rings is 1. The number of hydrogen-bond donors (Lipinski definition) is 1. The number of fused-ring (bicyclic) bond motifs is 1. The van der Waals surface area contributed by atoms with Gasteiger partial charge >= 0.3 is 0 Å². The van der Waals surface area contributed by atoms with Crippen molar-refractivity contribution in [2.24, 2.45) is 5.73 Å². The molecule has 0 aliphatic carbocycles. The van der Waals surface area contributed by atoms with E-state index in [4.69, 9.17) is 5.73 Å². The smallest absolute Gasteiger partial charge is 0.0399 e. The molecule has 1 heterocycles. The summed E-state index contributed by atoms with van der Waals surface area (Å²) >= 11 is 0. The van der Waals surface area contributed by atoms with E-state index in [2.05, 4.69) is 37.1 Å². The lowest BCUT2D eigenvalue weighted by Crippen LogP contribution is -2.23. The van der Waals surface area contributed by atoms with Gasteiger partial charge in [0.2, 0.25) is 0 Å². The predicted molar refractivity (Wildman–Crippen MR) is 60.8 cm³/mol. The van der Waals surface area contributed by atoms with E-state index in [0.29, 0.717) is 6.04 Å². The van der Waals surface area contributed by atoms with Crippen LogP contribution < -0.4 is 10.6 Å². The summed E-state index contributed by atoms with van der Waals surface area (Å²) in [5.41, 5.74) is 9.78. The van der Waals surface area contributed by atoms with E-state index >= 15 is 0 Å². The lowest BCUT2D eigenvalue weighted by Gasteiger charge is -2.18. The molecule has 0 amide bonds. The molecule has 2 rings (SSSR count). The van der Waals surface area contributed by atoms with E-state index in [9.17, 15) is 0 Å². The Morgan fingerprint density at radius 3 is 3.00 bits per heavy atom. The first-order valence-electron chi connectivity index (χ1n) is 5.27. The van der Waals surface area contributed by atoms with Gasteiger partial charge in [0.1, 0.15) is 0 Å². The largest absolute Gasteiger partial charge is 0.371 e. The van der Waals surface area contributed by atoms with Crippen molar-refractivity contribution in [2.75, 3.05) is 18.5 Å². The molecular formula is C12H18N2. The zero-order valence-electron chi connectivity index (χ0n) is 8.96. The van der Waals surface area contributed by atoms with Crippen LogP contribution in [-0.2, 0) is 12.8 Å². The Balaban J connectivity index is 2.30. The first kappa shape index (κ1) is 9.53. The summed E-state index contributed by atoms with van der Waals surface area (Å²) in [6.07, 6.45) is 2.16. The number of nitrogens with two attached hydrogens (primary N) is 1. The highest BCUT2D eigenvalue weighted by Gasteiger charge is 2.22. The molecule has 2 N–H and O–H groups in total. The van der Waals surface area contributed by atoms with Crippen molar-refractivity contribution < 1.29 is 0 Å². The van der Waals surface area contributed by atoms with Crippen LogP contribution in [0.4, 0.5) is 5.69 Å². The van der Waals surface area contributed by atoms with Crippen LogP contribution in [0.25, 0.3) is 0 Å². The van der Waals surface area contributed by atoms with Gasteiger partial charge in [0.25, 0.3) is 0 Å². The molecule has 14 heavy (non-hydrogen) atoms. The minimum Gasteiger partial charge on any atom is -0.371 e. The van der Waals surface area contributed by atoms with E-state index in [0.717, 1.165) is 13.0 Å². The zero-order valence-corrected chi connectivity index (χ0v) is 8.96. The van der Waals surface area contributed by atoms with Gasteiger partial charge in [0.15, 0.2) is 0 Å². The molecule has 1 aliphatic rings. The fourth-order valence-corrected chi connectivity index (χ4v) is 2.16. The maximum atomic E-state index is 5.55. The second-order valence-electron chi connectivity index (χ2n) is 4.17. The number of anilines is 1. The van der Waals surface area contributed by atoms with Gasteiger partial charge in [0.05, 0.1) is 0 Å². The fraction of sp³-hybridized carbons (Fsp3) is 0.500. The van der Waals surface area contributed by atoms with Crippen molar-refractivity contribution in [3.05, 3.63) is 29.3 Å². The highest BCUT2D eigenvalue weighted by atomic mass is 15.1. The highest BCUT2D eigenvalue weighted by Crippen LogP contribution is 2.31. The summed E-state index contributed by atoms with van der Waals surface area (Å²) in [4.78, 5) is 2.35. The summed E-state index contributed by atoms with van der Waals surface area (Å²) in [7, 11) is 2.17. The maximum absolute atomic E-state index is 5.55. The summed E-state index contributed by atoms with van der Waals surface area (Å²) in [5, 5.41) is 0. The third kappa shape index (κ3) is 1.50. The van der Waals surface area contributed by atoms with Gasteiger partial charge in [-0.05, 0) is 43.5 Å². The van der Waals surface area contributed by atoms with Gasteiger partial charge in [-0.3, -0.25) is 0 Å². The molecule has 0 saturated carbocycles. The van der Waals surface area contributed by atoms with Crippen molar-refractivity contribution >= 4 is 5.69 Å². The van der Waals surface area contributed by atoms with E-state index in [1.807, 2.05) is 0 Å². The van der Waals surface area contributed by atoms with Gasteiger partial charge in [0, 0.05) is 18.8 Å². The van der Waals surface area contributed by atoms with Gasteiger partial charge in [-0.2, -0.15) is 0 Å². The van der Waals surface area contributed by atoms with Crippen LogP contribution in [0.1, 0.15) is 18.1 Å². The molecule has 2 nitrogen and oxygen atoms in total. The topological polar surface area (TPSA) is 29.3 Å². The molecule has 0 aromatic heterocycles. The Hall–Kier alpha value is -1.02. The SMILES string of the molecule is CC1Cc2cc(CCN)ccc2N1C. The number of nitrogens with zero attached hydrogens (tertiary/aromatic N) is 1. The first-order valence-corrected chi connectivity index (χ1v) is 5.27. The Bertz CT molecular complexity index is 333. The van der Waals surface area contributed by atoms with Crippen LogP contribution in [0.3, 0.4) is 0 Å². The molecule has 1 aromatic carbocycles. The van der Waals surface area contributed by atoms with Crippen molar-refractivity contribution in [1.29, 1.82) is 0 Å². The minimum atomic E-state index is 0.637. The van der Waals surface area contributed by atoms with Gasteiger partial charge in [-0.15, -0.1) is 0 Å². The van der Waals surface area contributed by atoms with Crippen molar-refractivity contribution in [1.82, 2.24) is 0 Å². The Kier molecular flexibility index (Phi) is 2.46. The van der Waals surface area contributed by atoms with Crippen LogP contribution in [0, 0.1) is 0 Å². The average molecular weight is 190 g/mol. The van der Waals surface area contributed by atoms with Crippen molar-refractivity contribution in [2.45, 2.75) is 25.8 Å². The van der Waals surface area contributed by atoms with Gasteiger partial charge in [-0.25, -0.2) is 0 Å². The standard InChI is InChI=1S/C12H18N2/c1-9-7-11-8-10(5-6-13)3-4-12(11)14(9)2/h3-4,8-9H,5-7,13H2,1-2H3. The van der Waals surface area contributed by atoms with Crippen molar-refractivity contribution in [3.63, 3.8) is 0 Å². The second kappa shape index (κ2) is 3.62. The predicted octanol–water partition coefficient (Wildman–Crippen LogP) is 1.57. The summed E-state index contributed by atoms with van der Waals surface area (Å²) in [6, 6.07) is 7.37. The van der Waals surface area contributed by atoms with Crippen LogP contribution in [0.15, 0.2) is 18.2 Å². The molecule has 0 bridgehead atoms. The summed E-state index contributed by atoms with van der Waals surface area (Å²) in [6.45, 7) is 3.01. The van der Waals surface area contributed by atoms with E-state index < -0.39 is 0 Å². The lowest BCUT2D eigenvalue weighted by molar-refractivity contribution is 0.732. The Labute approximate surface area is 85.7 Å². The highest BCUT2D eigenvalue weighted by molar-refractivity contribution is 5.59. The molecule has 1 aliphatic heterocycles. The zero-order chi connectivity index (χ0) is 10.1. The molecule has 0 saturated heterocycles. The Morgan fingerprint density at radius 1 is 1.50 bits per heavy atom. The number of hydrogen-bond acceptors (Lipinski definition) is 2. The third-order valence-corrected chi connectivity index (χ3v) is 3.13. The molecule has 1 unspecified atom stereocenters. The van der Waals surface area contributed by atoms with E-state index in [1.165, 1.54) is 23.2 Å². The molecular weight excluding hydrogens is 172 g/mol. The average Bonchev–Trinajstić information content (AvgIpc) is 2.43. The van der Waals surface area contributed by atoms with Crippen LogP contribution in [0.2, 0.25) is 0 Å². The van der Waals surface area contributed by atoms with Crippen LogP contribution in [-0.4, -0.2) is 19.6 Å². The van der Waals surface area contributed by atoms with E-state index in [-0.39, 0.29) is 0 Å². The second-order valence-corrected chi connectivity index (χ2v) is 4.17. The molecule has 1 atom stereocenters. The fourth-order valence-electron chi connectivity index (χ4n) is 2.16. The number of likely N-dealkylation sites (N-methyl/N-ethyl adjacent to an activating group) is 1. The lowest BCUT2D eigenvalue weighted by atomic mass is 10.1. The van der Waals surface area contributed by atoms with Gasteiger partial charge in [-0.1, -0.05) is 12.1 Å². The normalized spacial score (nSPS) is 19.9. The molecule has 0 fully saturated rings. The summed E-state index contributed by atoms with van der Waals surface area (Å²) < 4.78 is 0. The van der Waals surface area contributed by atoms with Crippen LogP contribution in [0.5, 0.6) is 0 Å². The third-order valence-electron chi connectivity index (χ3n) is 3.13. The summed E-state index contributed by atoms with van der Waals surface area (Å²) in [5.74, 6) is 0. The minimum absolute atomic E-state index is 0.637. The Morgan fingerprint density at radius 2 is 2.29 bits per heavy atom. The maximum Gasteiger partial charge on any atom is 0.0399 e. The first-order chi connectivity index (χ1) is 6.72. The molecule has 76 valence electrons. The van der Waals surface area contributed by atoms with E-state index in [1.54, 1.807) is 0 Å². The number of rotatable bonds is 2. The van der Waals surface area contributed by atoms with Crippen LogP contribution >= 0.6 is 0 Å². The van der Waals surface area contributed by atoms with Gasteiger partial charge < -0.3 is 10.6 Å². The molecule has 2 heteroatoms. The van der Waals surface area contributed by atoms with Crippen molar-refractivity contribution in [3.8, 4) is 0 Å². The quantitative estimate of drug-likeness (QED) is 0.767. The molecule has 0 radical (unpaired) electrons.